The molecule has 0 unspecified atom stereocenters. The highest BCUT2D eigenvalue weighted by molar-refractivity contribution is 5.96. The second kappa shape index (κ2) is 4.30. The van der Waals surface area contributed by atoms with Crippen LogP contribution in [0.4, 0.5) is 5.69 Å². The van der Waals surface area contributed by atoms with Crippen molar-refractivity contribution >= 4 is 11.6 Å². The fraction of sp³-hybridized carbons (Fsp3) is 0.364. The monoisotopic (exact) mass is 221 g/mol. The molecule has 0 aliphatic carbocycles. The van der Waals surface area contributed by atoms with Crippen LogP contribution in [0.5, 0.6) is 11.5 Å². The zero-order valence-electron chi connectivity index (χ0n) is 9.63. The summed E-state index contributed by atoms with van der Waals surface area (Å²) < 4.78 is 10.6. The minimum absolute atomic E-state index is 0.676. The Hall–Kier alpha value is -1.91. The SMILES string of the molecule is CN=C1NCc2c(ccc(OC)c2OC)N1. The molecule has 1 aromatic rings. The minimum atomic E-state index is 0.676. The Bertz CT molecular complexity index is 429. The van der Waals surface area contributed by atoms with Crippen molar-refractivity contribution < 1.29 is 9.47 Å². The van der Waals surface area contributed by atoms with Crippen LogP contribution in [0.3, 0.4) is 0 Å². The lowest BCUT2D eigenvalue weighted by Crippen LogP contribution is -2.35. The van der Waals surface area contributed by atoms with Gasteiger partial charge >= 0.3 is 0 Å². The summed E-state index contributed by atoms with van der Waals surface area (Å²) in [5, 5.41) is 6.33. The highest BCUT2D eigenvalue weighted by atomic mass is 16.5. The number of hydrogen-bond donors (Lipinski definition) is 2. The Morgan fingerprint density at radius 3 is 2.69 bits per heavy atom. The van der Waals surface area contributed by atoms with Crippen LogP contribution >= 0.6 is 0 Å². The molecule has 0 aromatic heterocycles. The molecule has 1 aromatic carbocycles. The molecule has 0 radical (unpaired) electrons. The lowest BCUT2D eigenvalue weighted by molar-refractivity contribution is 0.351. The van der Waals surface area contributed by atoms with Crippen molar-refractivity contribution in [3.8, 4) is 11.5 Å². The van der Waals surface area contributed by atoms with Crippen molar-refractivity contribution in [3.05, 3.63) is 17.7 Å². The highest BCUT2D eigenvalue weighted by Gasteiger charge is 2.19. The third-order valence-corrected chi connectivity index (χ3v) is 2.56. The minimum Gasteiger partial charge on any atom is -0.493 e. The van der Waals surface area contributed by atoms with Crippen molar-refractivity contribution in [3.63, 3.8) is 0 Å². The molecule has 0 spiro atoms. The molecular formula is C11H15N3O2. The van der Waals surface area contributed by atoms with Gasteiger partial charge in [0.15, 0.2) is 17.5 Å². The van der Waals surface area contributed by atoms with Gasteiger partial charge in [0.25, 0.3) is 0 Å². The number of guanidine groups is 1. The molecule has 5 heteroatoms. The first-order valence-corrected chi connectivity index (χ1v) is 5.01. The van der Waals surface area contributed by atoms with Crippen LogP contribution in [0.25, 0.3) is 0 Å². The first kappa shape index (κ1) is 10.6. The van der Waals surface area contributed by atoms with Crippen molar-refractivity contribution in [1.29, 1.82) is 0 Å². The summed E-state index contributed by atoms with van der Waals surface area (Å²) in [6, 6.07) is 3.84. The van der Waals surface area contributed by atoms with Gasteiger partial charge in [0.05, 0.1) is 14.2 Å². The molecule has 2 rings (SSSR count). The average molecular weight is 221 g/mol. The van der Waals surface area contributed by atoms with Gasteiger partial charge in [-0.2, -0.15) is 0 Å². The van der Waals surface area contributed by atoms with Crippen molar-refractivity contribution in [2.75, 3.05) is 26.6 Å². The lowest BCUT2D eigenvalue weighted by atomic mass is 10.1. The van der Waals surface area contributed by atoms with Gasteiger partial charge in [0.2, 0.25) is 0 Å². The van der Waals surface area contributed by atoms with Crippen LogP contribution in [-0.4, -0.2) is 27.2 Å². The Labute approximate surface area is 94.5 Å². The van der Waals surface area contributed by atoms with Crippen LogP contribution in [0.1, 0.15) is 5.56 Å². The zero-order valence-corrected chi connectivity index (χ0v) is 9.63. The topological polar surface area (TPSA) is 54.9 Å². The van der Waals surface area contributed by atoms with E-state index in [9.17, 15) is 0 Å². The molecule has 0 saturated heterocycles. The fourth-order valence-corrected chi connectivity index (χ4v) is 1.76. The molecule has 0 atom stereocenters. The third-order valence-electron chi connectivity index (χ3n) is 2.56. The first-order valence-electron chi connectivity index (χ1n) is 5.01. The van der Waals surface area contributed by atoms with E-state index in [0.717, 1.165) is 28.7 Å². The summed E-state index contributed by atoms with van der Waals surface area (Å²) in [7, 11) is 5.01. The van der Waals surface area contributed by atoms with Gasteiger partial charge in [0.1, 0.15) is 0 Å². The fourth-order valence-electron chi connectivity index (χ4n) is 1.76. The molecule has 5 nitrogen and oxygen atoms in total. The van der Waals surface area contributed by atoms with Gasteiger partial charge in [-0.15, -0.1) is 0 Å². The quantitative estimate of drug-likeness (QED) is 0.788. The Balaban J connectivity index is 2.46. The molecule has 1 aliphatic heterocycles. The summed E-state index contributed by atoms with van der Waals surface area (Å²) in [4.78, 5) is 4.07. The molecule has 0 fully saturated rings. The smallest absolute Gasteiger partial charge is 0.195 e. The van der Waals surface area contributed by atoms with Gasteiger partial charge in [-0.1, -0.05) is 0 Å². The molecule has 0 bridgehead atoms. The average Bonchev–Trinajstić information content (AvgIpc) is 2.36. The van der Waals surface area contributed by atoms with E-state index in [1.54, 1.807) is 21.3 Å². The molecule has 0 saturated carbocycles. The zero-order chi connectivity index (χ0) is 11.5. The summed E-state index contributed by atoms with van der Waals surface area (Å²) >= 11 is 0. The number of nitrogens with zero attached hydrogens (tertiary/aromatic N) is 1. The van der Waals surface area contributed by atoms with E-state index in [1.165, 1.54) is 0 Å². The van der Waals surface area contributed by atoms with Crippen molar-refractivity contribution in [1.82, 2.24) is 5.32 Å². The highest BCUT2D eigenvalue weighted by Crippen LogP contribution is 2.37. The lowest BCUT2D eigenvalue weighted by Gasteiger charge is -2.24. The first-order chi connectivity index (χ1) is 7.80. The number of ether oxygens (including phenoxy) is 2. The van der Waals surface area contributed by atoms with Gasteiger partial charge in [-0.25, -0.2) is 0 Å². The second-order valence-electron chi connectivity index (χ2n) is 3.38. The van der Waals surface area contributed by atoms with Gasteiger partial charge in [0, 0.05) is 24.8 Å². The molecule has 86 valence electrons. The van der Waals surface area contributed by atoms with E-state index in [0.29, 0.717) is 6.54 Å². The summed E-state index contributed by atoms with van der Waals surface area (Å²) in [6.07, 6.45) is 0. The van der Waals surface area contributed by atoms with Gasteiger partial charge < -0.3 is 20.1 Å². The number of fused-ring (bicyclic) bond motifs is 1. The van der Waals surface area contributed by atoms with Crippen molar-refractivity contribution in [2.45, 2.75) is 6.54 Å². The van der Waals surface area contributed by atoms with E-state index < -0.39 is 0 Å². The Kier molecular flexibility index (Phi) is 2.85. The van der Waals surface area contributed by atoms with Crippen LogP contribution in [0.2, 0.25) is 0 Å². The maximum atomic E-state index is 5.36. The Morgan fingerprint density at radius 2 is 2.06 bits per heavy atom. The molecular weight excluding hydrogens is 206 g/mol. The third kappa shape index (κ3) is 1.64. The number of hydrogen-bond acceptors (Lipinski definition) is 3. The molecule has 2 N–H and O–H groups in total. The molecule has 1 heterocycles. The van der Waals surface area contributed by atoms with Crippen LogP contribution in [0.15, 0.2) is 17.1 Å². The largest absolute Gasteiger partial charge is 0.493 e. The maximum absolute atomic E-state index is 5.36. The summed E-state index contributed by atoms with van der Waals surface area (Å²) in [5.41, 5.74) is 2.05. The Morgan fingerprint density at radius 1 is 1.25 bits per heavy atom. The van der Waals surface area contributed by atoms with Gasteiger partial charge in [-0.3, -0.25) is 4.99 Å². The number of methoxy groups -OCH3 is 2. The predicted octanol–water partition coefficient (Wildman–Crippen LogP) is 1.20. The standard InChI is InChI=1S/C11H15N3O2/c1-12-11-13-6-7-8(14-11)4-5-9(15-2)10(7)16-3/h4-5H,6H2,1-3H3,(H2,12,13,14). The van der Waals surface area contributed by atoms with E-state index in [2.05, 4.69) is 15.6 Å². The second-order valence-corrected chi connectivity index (χ2v) is 3.38. The summed E-state index contributed by atoms with van der Waals surface area (Å²) in [6.45, 7) is 0.676. The van der Waals surface area contributed by atoms with Crippen molar-refractivity contribution in [2.24, 2.45) is 4.99 Å². The predicted molar refractivity (Wildman–Crippen MR) is 63.4 cm³/mol. The van der Waals surface area contributed by atoms with E-state index in [-0.39, 0.29) is 0 Å². The number of benzene rings is 1. The van der Waals surface area contributed by atoms with Crippen LogP contribution in [-0.2, 0) is 6.54 Å². The van der Waals surface area contributed by atoms with Gasteiger partial charge in [-0.05, 0) is 12.1 Å². The molecule has 0 amide bonds. The van der Waals surface area contributed by atoms with Crippen LogP contribution < -0.4 is 20.1 Å². The number of anilines is 1. The van der Waals surface area contributed by atoms with E-state index in [1.807, 2.05) is 12.1 Å². The number of nitrogens with one attached hydrogen (secondary N) is 2. The number of aliphatic imine (C=N–C) groups is 1. The normalized spacial score (nSPS) is 16.1. The van der Waals surface area contributed by atoms with E-state index >= 15 is 0 Å². The van der Waals surface area contributed by atoms with Crippen LogP contribution in [0, 0.1) is 0 Å². The molecule has 16 heavy (non-hydrogen) atoms. The molecule has 1 aliphatic rings. The van der Waals surface area contributed by atoms with E-state index in [4.69, 9.17) is 9.47 Å². The maximum Gasteiger partial charge on any atom is 0.195 e. The summed E-state index contributed by atoms with van der Waals surface area (Å²) in [5.74, 6) is 2.26. The number of rotatable bonds is 2.